The van der Waals surface area contributed by atoms with Crippen molar-refractivity contribution < 1.29 is 68.3 Å². The van der Waals surface area contributed by atoms with Crippen LogP contribution in [0.4, 0.5) is 4.79 Å². The van der Waals surface area contributed by atoms with Gasteiger partial charge in [-0.15, -0.1) is 0 Å². The first-order valence-electron chi connectivity index (χ1n) is 20.8. The molecule has 3 rings (SSSR count). The number of aryl methyl sites for hydroxylation is 1. The number of aliphatic carboxylic acids is 4. The third kappa shape index (κ3) is 26.5. The van der Waals surface area contributed by atoms with Gasteiger partial charge in [-0.2, -0.15) is 0 Å². The van der Waals surface area contributed by atoms with Gasteiger partial charge in [0, 0.05) is 37.9 Å². The van der Waals surface area contributed by atoms with Gasteiger partial charge in [0.05, 0.1) is 0 Å². The lowest BCUT2D eigenvalue weighted by Gasteiger charge is -2.19. The Balaban J connectivity index is 0.00000109. The van der Waals surface area contributed by atoms with E-state index in [1.807, 2.05) is 99.8 Å². The molecule has 20 heteroatoms. The van der Waals surface area contributed by atoms with E-state index in [9.17, 15) is 43.2 Å². The van der Waals surface area contributed by atoms with E-state index >= 15 is 0 Å². The van der Waals surface area contributed by atoms with Crippen molar-refractivity contribution in [3.05, 3.63) is 101 Å². The average Bonchev–Trinajstić information content (AvgIpc) is 3.28. The van der Waals surface area contributed by atoms with E-state index in [1.165, 1.54) is 0 Å². The van der Waals surface area contributed by atoms with Crippen LogP contribution in [0.1, 0.15) is 80.4 Å². The maximum atomic E-state index is 12.6. The van der Waals surface area contributed by atoms with Crippen molar-refractivity contribution in [1.29, 1.82) is 0 Å². The molecular weight excluding hydrogens is 849 g/mol. The maximum Gasteiger partial charge on any atom is 0.326 e. The highest BCUT2D eigenvalue weighted by atomic mass is 16.5. The van der Waals surface area contributed by atoms with E-state index in [0.29, 0.717) is 37.2 Å². The normalized spacial score (nSPS) is 11.2. The standard InChI is InChI=1S/C25H31N3O6.C10H13NO.C8H12N2O7.C2H6/c1-2-3-13-26-24(31)21(14-18-7-5-4-6-8-18)28-23(30)16-34-20-11-9-19(10-12-20)15-22(25(32)33)27-17-29;1-3-11-10(12)9-7-5-4-6-8(9)2;11-5(12)2-1-4(7(15)16)10-8(17)9-3-6(13)14;1-2/h4-12,17,21-22H,2-3,13-16H2,1H3,(H,26,31)(H,27,29)(H,28,30)(H,32,33);4-7H,3H2,1-2H3,(H,11,12);4H,1-3H2,(H,11,12)(H,13,14)(H,15,16)(H2,9,10,17);1-2H3. The molecule has 0 spiro atoms. The number of carbonyl (C=O) groups excluding carboxylic acids is 5. The topological polar surface area (TPSA) is 316 Å². The Morgan fingerprint density at radius 1 is 0.677 bits per heavy atom. The van der Waals surface area contributed by atoms with Crippen LogP contribution in [0.5, 0.6) is 5.75 Å². The summed E-state index contributed by atoms with van der Waals surface area (Å²) >= 11 is 0. The number of benzene rings is 3. The fraction of sp³-hybridized carbons (Fsp3) is 0.400. The van der Waals surface area contributed by atoms with Crippen molar-refractivity contribution in [1.82, 2.24) is 31.9 Å². The smallest absolute Gasteiger partial charge is 0.326 e. The summed E-state index contributed by atoms with van der Waals surface area (Å²) in [4.78, 5) is 100. The van der Waals surface area contributed by atoms with Crippen molar-refractivity contribution in [2.24, 2.45) is 0 Å². The highest BCUT2D eigenvalue weighted by Gasteiger charge is 2.23. The Kier molecular flexibility index (Phi) is 30.1. The average molecular weight is 911 g/mol. The molecule has 20 nitrogen and oxygen atoms in total. The van der Waals surface area contributed by atoms with Gasteiger partial charge in [-0.05, 0) is 61.6 Å². The molecule has 65 heavy (non-hydrogen) atoms. The maximum absolute atomic E-state index is 12.6. The van der Waals surface area contributed by atoms with Crippen LogP contribution >= 0.6 is 0 Å². The Labute approximate surface area is 377 Å². The Hall–Kier alpha value is -7.51. The zero-order chi connectivity index (χ0) is 49.2. The first-order chi connectivity index (χ1) is 31.0. The molecule has 0 aliphatic carbocycles. The number of amides is 6. The van der Waals surface area contributed by atoms with Crippen molar-refractivity contribution in [2.45, 2.75) is 91.3 Å². The first-order valence-corrected chi connectivity index (χ1v) is 20.8. The lowest BCUT2D eigenvalue weighted by molar-refractivity contribution is -0.141. The van der Waals surface area contributed by atoms with Crippen LogP contribution in [0.3, 0.4) is 0 Å². The summed E-state index contributed by atoms with van der Waals surface area (Å²) in [7, 11) is 0. The number of hydrogen-bond acceptors (Lipinski definition) is 10. The fourth-order valence-corrected chi connectivity index (χ4v) is 5.19. The summed E-state index contributed by atoms with van der Waals surface area (Å²) < 4.78 is 5.52. The number of hydrogen-bond donors (Lipinski definition) is 10. The van der Waals surface area contributed by atoms with Gasteiger partial charge in [0.15, 0.2) is 6.61 Å². The molecule has 0 radical (unpaired) electrons. The van der Waals surface area contributed by atoms with E-state index in [0.717, 1.165) is 29.5 Å². The van der Waals surface area contributed by atoms with Gasteiger partial charge in [-0.25, -0.2) is 14.4 Å². The molecule has 3 atom stereocenters. The van der Waals surface area contributed by atoms with E-state index in [2.05, 4.69) is 21.3 Å². The number of unbranched alkanes of at least 4 members (excludes halogenated alkanes) is 1. The van der Waals surface area contributed by atoms with Crippen LogP contribution in [0.2, 0.25) is 0 Å². The largest absolute Gasteiger partial charge is 0.484 e. The van der Waals surface area contributed by atoms with Gasteiger partial charge >= 0.3 is 29.9 Å². The molecule has 0 aliphatic heterocycles. The van der Waals surface area contributed by atoms with Gasteiger partial charge in [0.1, 0.15) is 30.4 Å². The van der Waals surface area contributed by atoms with Crippen LogP contribution in [-0.4, -0.2) is 119 Å². The van der Waals surface area contributed by atoms with Crippen LogP contribution < -0.4 is 36.6 Å². The van der Waals surface area contributed by atoms with Crippen LogP contribution in [0.25, 0.3) is 0 Å². The zero-order valence-electron chi connectivity index (χ0n) is 37.3. The number of carbonyl (C=O) groups is 9. The summed E-state index contributed by atoms with van der Waals surface area (Å²) in [6.45, 7) is 10.2. The van der Waals surface area contributed by atoms with Crippen LogP contribution in [0, 0.1) is 6.92 Å². The van der Waals surface area contributed by atoms with Crippen LogP contribution in [0.15, 0.2) is 78.9 Å². The SMILES string of the molecule is CC.CCCCNC(=O)C(Cc1ccccc1)NC(=O)COc1ccc(CC(NC=O)C(=O)O)cc1.CCNC(=O)c1ccccc1C.O=C(O)CCC(NC(=O)NCC(=O)O)C(=O)O. The lowest BCUT2D eigenvalue weighted by Crippen LogP contribution is -2.49. The predicted octanol–water partition coefficient (Wildman–Crippen LogP) is 2.91. The van der Waals surface area contributed by atoms with Crippen molar-refractivity contribution >= 4 is 54.0 Å². The van der Waals surface area contributed by atoms with E-state index < -0.39 is 66.9 Å². The quantitative estimate of drug-likeness (QED) is 0.0457. The van der Waals surface area contributed by atoms with Gasteiger partial charge in [-0.3, -0.25) is 28.8 Å². The molecule has 0 aromatic heterocycles. The molecule has 3 aromatic carbocycles. The van der Waals surface area contributed by atoms with Gasteiger partial charge in [-0.1, -0.05) is 87.9 Å². The van der Waals surface area contributed by atoms with Crippen LogP contribution in [-0.2, 0) is 46.4 Å². The summed E-state index contributed by atoms with van der Waals surface area (Å²) in [6, 6.07) is 19.5. The molecule has 0 heterocycles. The third-order valence-electron chi connectivity index (χ3n) is 8.44. The van der Waals surface area contributed by atoms with Crippen molar-refractivity contribution in [2.75, 3.05) is 26.2 Å². The summed E-state index contributed by atoms with van der Waals surface area (Å²) in [5.74, 6) is -5.24. The molecule has 0 aliphatic rings. The molecular formula is C45H62N6O14. The molecule has 6 amide bonds. The molecule has 0 bridgehead atoms. The number of urea groups is 1. The summed E-state index contributed by atoms with van der Waals surface area (Å²) in [5, 5.41) is 48.8. The highest BCUT2D eigenvalue weighted by Crippen LogP contribution is 2.14. The van der Waals surface area contributed by atoms with Gasteiger partial charge in [0.25, 0.3) is 11.8 Å². The number of nitrogens with one attached hydrogen (secondary N) is 6. The lowest BCUT2D eigenvalue weighted by atomic mass is 10.1. The number of carboxylic acid groups (broad SMARTS) is 4. The van der Waals surface area contributed by atoms with Crippen molar-refractivity contribution in [3.8, 4) is 5.75 Å². The number of carboxylic acids is 4. The molecule has 0 saturated heterocycles. The molecule has 3 unspecified atom stereocenters. The molecule has 10 N–H and O–H groups in total. The van der Waals surface area contributed by atoms with E-state index in [-0.39, 0.29) is 31.3 Å². The van der Waals surface area contributed by atoms with E-state index in [1.54, 1.807) is 24.3 Å². The van der Waals surface area contributed by atoms with E-state index in [4.69, 9.17) is 25.2 Å². The molecule has 0 saturated carbocycles. The summed E-state index contributed by atoms with van der Waals surface area (Å²) in [5.41, 5.74) is 3.40. The number of rotatable bonds is 24. The molecule has 3 aromatic rings. The monoisotopic (exact) mass is 910 g/mol. The van der Waals surface area contributed by atoms with Gasteiger partial charge in [0.2, 0.25) is 12.3 Å². The second-order valence-corrected chi connectivity index (χ2v) is 13.5. The molecule has 0 fully saturated rings. The highest BCUT2D eigenvalue weighted by molar-refractivity contribution is 5.95. The minimum absolute atomic E-state index is 0.00981. The predicted molar refractivity (Wildman–Crippen MR) is 239 cm³/mol. The minimum atomic E-state index is -1.39. The Morgan fingerprint density at radius 3 is 1.80 bits per heavy atom. The zero-order valence-corrected chi connectivity index (χ0v) is 37.3. The Morgan fingerprint density at radius 2 is 1.26 bits per heavy atom. The second-order valence-electron chi connectivity index (χ2n) is 13.5. The van der Waals surface area contributed by atoms with Gasteiger partial charge < -0.3 is 57.1 Å². The third-order valence-corrected chi connectivity index (χ3v) is 8.44. The Bertz CT molecular complexity index is 1950. The van der Waals surface area contributed by atoms with Crippen molar-refractivity contribution in [3.63, 3.8) is 0 Å². The minimum Gasteiger partial charge on any atom is -0.484 e. The first kappa shape index (κ1) is 57.5. The second kappa shape index (κ2) is 34.0. The molecule has 356 valence electrons. The number of ether oxygens (including phenoxy) is 1. The summed E-state index contributed by atoms with van der Waals surface area (Å²) in [6.07, 6.45) is 1.93. The fourth-order valence-electron chi connectivity index (χ4n) is 5.19.